The summed E-state index contributed by atoms with van der Waals surface area (Å²) in [7, 11) is 0.174. The largest absolute Gasteiger partial charge is 0.382 e. The number of aromatic nitrogens is 4. The van der Waals surface area contributed by atoms with Gasteiger partial charge in [0.05, 0.1) is 21.9 Å². The fourth-order valence-corrected chi connectivity index (χ4v) is 6.15. The standard InChI is InChI=1S/C29H36N8O3S/c1-4-37-27-20(17-25(28(37)38)26-10-9-24(19-31-26)41(39,40)16-15-36(2)3)18-32-29(35-27)34-22-7-5-21(6-8-22)33-23-11-13-30-14-12-23/h5-10,17-19,23,30,33H,4,11-16H2,1-3H3,(H,32,34,35). The second-order valence-corrected chi connectivity index (χ2v) is 12.6. The molecule has 11 nitrogen and oxygen atoms in total. The second-order valence-electron chi connectivity index (χ2n) is 10.5. The molecule has 1 aromatic carbocycles. The first-order valence-electron chi connectivity index (χ1n) is 13.8. The van der Waals surface area contributed by atoms with E-state index in [2.05, 4.69) is 30.9 Å². The summed E-state index contributed by atoms with van der Waals surface area (Å²) >= 11 is 0. The highest BCUT2D eigenvalue weighted by atomic mass is 32.2. The lowest BCUT2D eigenvalue weighted by molar-refractivity contribution is 0.432. The minimum absolute atomic E-state index is 0.00718. The number of benzene rings is 1. The van der Waals surface area contributed by atoms with E-state index in [0.29, 0.717) is 47.4 Å². The smallest absolute Gasteiger partial charge is 0.261 e. The average Bonchev–Trinajstić information content (AvgIpc) is 2.97. The lowest BCUT2D eigenvalue weighted by Crippen LogP contribution is -2.35. The van der Waals surface area contributed by atoms with Crippen LogP contribution in [0.4, 0.5) is 17.3 Å². The van der Waals surface area contributed by atoms with Crippen LogP contribution in [-0.4, -0.2) is 78.4 Å². The third-order valence-corrected chi connectivity index (χ3v) is 8.85. The van der Waals surface area contributed by atoms with Crippen molar-refractivity contribution in [2.24, 2.45) is 0 Å². The Morgan fingerprint density at radius 2 is 1.76 bits per heavy atom. The lowest BCUT2D eigenvalue weighted by Gasteiger charge is -2.24. The topological polar surface area (TPSA) is 134 Å². The van der Waals surface area contributed by atoms with Crippen LogP contribution in [-0.2, 0) is 16.4 Å². The fraction of sp³-hybridized carbons (Fsp3) is 0.379. The first-order valence-corrected chi connectivity index (χ1v) is 15.5. The molecule has 216 valence electrons. The Morgan fingerprint density at radius 3 is 2.41 bits per heavy atom. The Bertz CT molecular complexity index is 1660. The SMILES string of the molecule is CCn1c(=O)c(-c2ccc(S(=O)(=O)CCN(C)C)cn2)cc2cnc(Nc3ccc(NC4CCNCC4)cc3)nc21. The molecule has 0 radical (unpaired) electrons. The van der Waals surface area contributed by atoms with Crippen LogP contribution in [0, 0.1) is 0 Å². The minimum atomic E-state index is -3.47. The predicted molar refractivity (Wildman–Crippen MR) is 163 cm³/mol. The lowest BCUT2D eigenvalue weighted by atomic mass is 10.1. The van der Waals surface area contributed by atoms with E-state index in [9.17, 15) is 13.2 Å². The van der Waals surface area contributed by atoms with Crippen molar-refractivity contribution in [3.8, 4) is 11.3 Å². The maximum Gasteiger partial charge on any atom is 0.261 e. The summed E-state index contributed by atoms with van der Waals surface area (Å²) in [6, 6.07) is 13.3. The van der Waals surface area contributed by atoms with Gasteiger partial charge in [0.2, 0.25) is 5.95 Å². The first-order chi connectivity index (χ1) is 19.7. The molecular weight excluding hydrogens is 540 g/mol. The Hall–Kier alpha value is -3.87. The van der Waals surface area contributed by atoms with Crippen LogP contribution in [0.2, 0.25) is 0 Å². The molecule has 0 saturated carbocycles. The van der Waals surface area contributed by atoms with E-state index >= 15 is 0 Å². The Labute approximate surface area is 240 Å². The van der Waals surface area contributed by atoms with E-state index < -0.39 is 9.84 Å². The van der Waals surface area contributed by atoms with Crippen molar-refractivity contribution in [2.45, 2.75) is 37.2 Å². The van der Waals surface area contributed by atoms with Crippen molar-refractivity contribution in [3.63, 3.8) is 0 Å². The molecule has 3 aromatic heterocycles. The van der Waals surface area contributed by atoms with Crippen molar-refractivity contribution >= 4 is 38.2 Å². The summed E-state index contributed by atoms with van der Waals surface area (Å²) in [4.78, 5) is 28.9. The molecule has 0 amide bonds. The highest BCUT2D eigenvalue weighted by molar-refractivity contribution is 7.91. The van der Waals surface area contributed by atoms with Crippen molar-refractivity contribution in [3.05, 3.63) is 65.2 Å². The zero-order valence-corrected chi connectivity index (χ0v) is 24.4. The van der Waals surface area contributed by atoms with Crippen molar-refractivity contribution in [1.29, 1.82) is 0 Å². The number of nitrogens with one attached hydrogen (secondary N) is 3. The molecule has 1 aliphatic heterocycles. The number of rotatable bonds is 10. The number of anilines is 3. The zero-order chi connectivity index (χ0) is 29.0. The molecule has 0 bridgehead atoms. The van der Waals surface area contributed by atoms with Crippen LogP contribution in [0.25, 0.3) is 22.3 Å². The molecule has 41 heavy (non-hydrogen) atoms. The normalized spacial score (nSPS) is 14.4. The van der Waals surface area contributed by atoms with E-state index in [0.717, 1.165) is 37.3 Å². The van der Waals surface area contributed by atoms with Gasteiger partial charge in [-0.3, -0.25) is 14.3 Å². The van der Waals surface area contributed by atoms with Gasteiger partial charge in [-0.2, -0.15) is 4.98 Å². The van der Waals surface area contributed by atoms with Gasteiger partial charge in [0.1, 0.15) is 5.65 Å². The number of aryl methyl sites for hydroxylation is 1. The van der Waals surface area contributed by atoms with Crippen molar-refractivity contribution < 1.29 is 8.42 Å². The van der Waals surface area contributed by atoms with E-state index in [-0.39, 0.29) is 16.2 Å². The third-order valence-electron chi connectivity index (χ3n) is 7.17. The Kier molecular flexibility index (Phi) is 8.62. The highest BCUT2D eigenvalue weighted by Gasteiger charge is 2.18. The summed E-state index contributed by atoms with van der Waals surface area (Å²) in [5.74, 6) is 0.378. The van der Waals surface area contributed by atoms with Crippen LogP contribution in [0.5, 0.6) is 0 Å². The molecule has 12 heteroatoms. The summed E-state index contributed by atoms with van der Waals surface area (Å²) < 4.78 is 26.8. The van der Waals surface area contributed by atoms with Crippen LogP contribution in [0.3, 0.4) is 0 Å². The van der Waals surface area contributed by atoms with Gasteiger partial charge in [-0.25, -0.2) is 13.4 Å². The Morgan fingerprint density at radius 1 is 1.02 bits per heavy atom. The molecule has 0 spiro atoms. The summed E-state index contributed by atoms with van der Waals surface area (Å²) in [6.45, 7) is 4.75. The van der Waals surface area contributed by atoms with E-state index in [4.69, 9.17) is 0 Å². The van der Waals surface area contributed by atoms with Gasteiger partial charge in [-0.15, -0.1) is 0 Å². The maximum absolute atomic E-state index is 13.5. The molecule has 3 N–H and O–H groups in total. The van der Waals surface area contributed by atoms with Crippen LogP contribution in [0.15, 0.2) is 64.5 Å². The maximum atomic E-state index is 13.5. The zero-order valence-electron chi connectivity index (χ0n) is 23.6. The minimum Gasteiger partial charge on any atom is -0.382 e. The van der Waals surface area contributed by atoms with Gasteiger partial charge in [0.25, 0.3) is 5.56 Å². The van der Waals surface area contributed by atoms with Gasteiger partial charge in [-0.1, -0.05) is 0 Å². The quantitative estimate of drug-likeness (QED) is 0.259. The summed E-state index contributed by atoms with van der Waals surface area (Å²) in [6.07, 6.45) is 5.20. The molecule has 0 aliphatic carbocycles. The molecule has 5 rings (SSSR count). The molecule has 1 fully saturated rings. The van der Waals surface area contributed by atoms with Gasteiger partial charge < -0.3 is 20.9 Å². The fourth-order valence-electron chi connectivity index (χ4n) is 4.82. The number of piperidine rings is 1. The van der Waals surface area contributed by atoms with Gasteiger partial charge in [0, 0.05) is 48.3 Å². The van der Waals surface area contributed by atoms with Crippen LogP contribution < -0.4 is 21.5 Å². The number of nitrogens with zero attached hydrogens (tertiary/aromatic N) is 5. The van der Waals surface area contributed by atoms with E-state index in [1.807, 2.05) is 50.2 Å². The van der Waals surface area contributed by atoms with Gasteiger partial charge in [-0.05, 0) is 89.4 Å². The number of sulfone groups is 1. The second kappa shape index (κ2) is 12.3. The molecule has 0 unspecified atom stereocenters. The third kappa shape index (κ3) is 6.72. The number of hydrogen-bond donors (Lipinski definition) is 3. The molecule has 1 aliphatic rings. The number of fused-ring (bicyclic) bond motifs is 1. The molecule has 0 atom stereocenters. The monoisotopic (exact) mass is 576 g/mol. The van der Waals surface area contributed by atoms with Crippen LogP contribution in [0.1, 0.15) is 19.8 Å². The molecular formula is C29H36N8O3S. The molecule has 4 aromatic rings. The Balaban J connectivity index is 1.36. The number of hydrogen-bond acceptors (Lipinski definition) is 10. The highest BCUT2D eigenvalue weighted by Crippen LogP contribution is 2.23. The first kappa shape index (κ1) is 28.7. The van der Waals surface area contributed by atoms with Gasteiger partial charge in [0.15, 0.2) is 9.84 Å². The molecule has 4 heterocycles. The molecule has 1 saturated heterocycles. The average molecular weight is 577 g/mol. The van der Waals surface area contributed by atoms with E-state index in [1.54, 1.807) is 22.9 Å². The summed E-state index contributed by atoms with van der Waals surface area (Å²) in [5, 5.41) is 10.9. The number of pyridine rings is 2. The van der Waals surface area contributed by atoms with E-state index in [1.165, 1.54) is 12.3 Å². The van der Waals surface area contributed by atoms with Gasteiger partial charge >= 0.3 is 0 Å². The van der Waals surface area contributed by atoms with Crippen LogP contribution >= 0.6 is 0 Å². The predicted octanol–water partition coefficient (Wildman–Crippen LogP) is 3.12. The van der Waals surface area contributed by atoms with Crippen molar-refractivity contribution in [2.75, 3.05) is 50.1 Å². The summed E-state index contributed by atoms with van der Waals surface area (Å²) in [5.41, 5.74) is 2.91. The van der Waals surface area contributed by atoms with Crippen molar-refractivity contribution in [1.82, 2.24) is 29.7 Å².